The van der Waals surface area contributed by atoms with Gasteiger partial charge in [-0.25, -0.2) is 17.8 Å². The molecule has 0 radical (unpaired) electrons. The lowest BCUT2D eigenvalue weighted by Crippen LogP contribution is -2.57. The zero-order chi connectivity index (χ0) is 28.6. The number of alkyl halides is 3. The van der Waals surface area contributed by atoms with E-state index in [1.54, 1.807) is 12.3 Å². The molecule has 1 atom stereocenters. The molecular weight excluding hydrogens is 538 g/mol. The van der Waals surface area contributed by atoms with E-state index in [0.717, 1.165) is 12.3 Å². The van der Waals surface area contributed by atoms with Crippen LogP contribution in [0.4, 0.5) is 17.6 Å². The van der Waals surface area contributed by atoms with Crippen LogP contribution in [0.5, 0.6) is 5.88 Å². The quantitative estimate of drug-likeness (QED) is 0.466. The summed E-state index contributed by atoms with van der Waals surface area (Å²) in [4.78, 5) is 19.2. The van der Waals surface area contributed by atoms with E-state index in [0.29, 0.717) is 37.0 Å². The first-order valence-electron chi connectivity index (χ1n) is 13.0. The molecule has 0 saturated carbocycles. The topological polar surface area (TPSA) is 88.6 Å². The largest absolute Gasteiger partial charge is 0.437 e. The molecule has 1 saturated heterocycles. The van der Waals surface area contributed by atoms with Crippen LogP contribution in [-0.2, 0) is 21.1 Å². The minimum absolute atomic E-state index is 0.00297. The number of carbonyl (C=O) groups is 1. The van der Waals surface area contributed by atoms with Crippen LogP contribution >= 0.6 is 0 Å². The number of aryl methyl sites for hydroxylation is 1. The van der Waals surface area contributed by atoms with E-state index in [1.165, 1.54) is 0 Å². The number of nitrogens with one attached hydrogen (secondary N) is 1. The fraction of sp³-hybridized carbons (Fsp3) is 0.556. The van der Waals surface area contributed by atoms with Crippen LogP contribution in [0.1, 0.15) is 58.4 Å². The molecule has 4 heterocycles. The number of nitrogens with zero attached hydrogens (tertiary/aromatic N) is 2. The lowest BCUT2D eigenvalue weighted by Gasteiger charge is -2.43. The van der Waals surface area contributed by atoms with Gasteiger partial charge < -0.3 is 15.0 Å². The average Bonchev–Trinajstić information content (AvgIpc) is 2.85. The lowest BCUT2D eigenvalue weighted by molar-refractivity contribution is -0.134. The second kappa shape index (κ2) is 10.9. The van der Waals surface area contributed by atoms with Gasteiger partial charge in [-0.05, 0) is 57.1 Å². The maximum Gasteiger partial charge on any atom is 0.389 e. The second-order valence-electron chi connectivity index (χ2n) is 10.7. The molecule has 0 bridgehead atoms. The molecule has 1 unspecified atom stereocenters. The minimum Gasteiger partial charge on any atom is -0.437 e. The Morgan fingerprint density at radius 1 is 1.28 bits per heavy atom. The zero-order valence-electron chi connectivity index (χ0n) is 22.1. The third kappa shape index (κ3) is 6.82. The zero-order valence-corrected chi connectivity index (χ0v) is 23.0. The number of fused-ring (bicyclic) bond motifs is 1. The van der Waals surface area contributed by atoms with E-state index in [4.69, 9.17) is 4.74 Å². The number of hydrogen-bond donors (Lipinski definition) is 1. The van der Waals surface area contributed by atoms with Gasteiger partial charge in [0.15, 0.2) is 0 Å². The second-order valence-corrected chi connectivity index (χ2v) is 13.0. The van der Waals surface area contributed by atoms with Gasteiger partial charge in [-0.3, -0.25) is 4.79 Å². The third-order valence-electron chi connectivity index (χ3n) is 7.86. The van der Waals surface area contributed by atoms with Gasteiger partial charge in [-0.15, -0.1) is 0 Å². The highest BCUT2D eigenvalue weighted by molar-refractivity contribution is 7.91. The Morgan fingerprint density at radius 2 is 1.97 bits per heavy atom. The predicted octanol–water partition coefficient (Wildman–Crippen LogP) is 4.96. The van der Waals surface area contributed by atoms with Gasteiger partial charge in [0.05, 0.1) is 23.7 Å². The number of sulfone groups is 1. The van der Waals surface area contributed by atoms with Crippen LogP contribution in [-0.4, -0.2) is 53.5 Å². The molecule has 39 heavy (non-hydrogen) atoms. The van der Waals surface area contributed by atoms with E-state index in [1.807, 2.05) is 31.7 Å². The number of ether oxygens (including phenoxy) is 1. The van der Waals surface area contributed by atoms with Crippen LogP contribution in [0.15, 0.2) is 47.6 Å². The number of hydrogen-bond acceptors (Lipinski definition) is 6. The lowest BCUT2D eigenvalue weighted by atomic mass is 9.80. The molecule has 0 aliphatic carbocycles. The van der Waals surface area contributed by atoms with Crippen molar-refractivity contribution >= 4 is 15.7 Å². The molecule has 1 fully saturated rings. The Morgan fingerprint density at radius 3 is 2.62 bits per heavy atom. The van der Waals surface area contributed by atoms with E-state index < -0.39 is 40.2 Å². The highest BCUT2D eigenvalue weighted by Gasteiger charge is 2.42. The minimum atomic E-state index is -4.41. The summed E-state index contributed by atoms with van der Waals surface area (Å²) in [5, 5.41) is 3.16. The van der Waals surface area contributed by atoms with E-state index >= 15 is 0 Å². The molecule has 214 valence electrons. The van der Waals surface area contributed by atoms with Crippen LogP contribution in [0.2, 0.25) is 0 Å². The van der Waals surface area contributed by atoms with Crippen molar-refractivity contribution < 1.29 is 35.5 Å². The Bertz CT molecular complexity index is 1300. The van der Waals surface area contributed by atoms with E-state index in [9.17, 15) is 30.8 Å². The summed E-state index contributed by atoms with van der Waals surface area (Å²) in [5.74, 6) is -0.704. The van der Waals surface area contributed by atoms with Gasteiger partial charge in [0, 0.05) is 35.0 Å². The SMILES string of the molecule is CC1=C(C(=O)NC2(C(C)C)CCS(=O)(=O)CC2)CCC2C=CC(Oc3ncc(F)cc3CCC(F)(F)F)=CN12. The standard InChI is InChI=1S/C27H33F4N3O4S/c1-17(2)26(10-12-39(36,37)13-11-26)33-24(35)23-7-5-21-4-6-22(16-34(21)18(23)3)38-25-19(8-9-27(29,30)31)14-20(28)15-32-25/h4,6,14-17,21H,5,7-13H2,1-3H3,(H,33,35). The fourth-order valence-corrected chi connectivity index (χ4v) is 6.86. The number of allylic oxidation sites excluding steroid dienone is 2. The summed E-state index contributed by atoms with van der Waals surface area (Å²) < 4.78 is 81.8. The highest BCUT2D eigenvalue weighted by atomic mass is 32.2. The van der Waals surface area contributed by atoms with Crippen LogP contribution < -0.4 is 10.1 Å². The van der Waals surface area contributed by atoms with E-state index in [2.05, 4.69) is 10.3 Å². The summed E-state index contributed by atoms with van der Waals surface area (Å²) in [7, 11) is -3.11. The smallest absolute Gasteiger partial charge is 0.389 e. The van der Waals surface area contributed by atoms with Gasteiger partial charge in [0.2, 0.25) is 11.8 Å². The third-order valence-corrected chi connectivity index (χ3v) is 9.52. The molecule has 4 rings (SSSR count). The molecule has 3 aliphatic heterocycles. The fourth-order valence-electron chi connectivity index (χ4n) is 5.30. The van der Waals surface area contributed by atoms with Crippen molar-refractivity contribution in [3.05, 3.63) is 59.0 Å². The molecular formula is C27H33F4N3O4S. The molecule has 1 N–H and O–H groups in total. The van der Waals surface area contributed by atoms with Gasteiger partial charge >= 0.3 is 6.18 Å². The molecule has 3 aliphatic rings. The molecule has 1 aromatic heterocycles. The Kier molecular flexibility index (Phi) is 8.16. The van der Waals surface area contributed by atoms with Gasteiger partial charge in [-0.1, -0.05) is 19.9 Å². The van der Waals surface area contributed by atoms with Crippen molar-refractivity contribution in [2.75, 3.05) is 11.5 Å². The van der Waals surface area contributed by atoms with Crippen molar-refractivity contribution in [3.8, 4) is 5.88 Å². The Hall–Kier alpha value is -2.89. The first kappa shape index (κ1) is 29.1. The van der Waals surface area contributed by atoms with Crippen molar-refractivity contribution in [2.45, 2.75) is 77.1 Å². The molecule has 12 heteroatoms. The molecule has 1 amide bonds. The maximum absolute atomic E-state index is 13.7. The average molecular weight is 572 g/mol. The van der Waals surface area contributed by atoms with Gasteiger partial charge in [-0.2, -0.15) is 13.2 Å². The van der Waals surface area contributed by atoms with Crippen LogP contribution in [0.25, 0.3) is 0 Å². The van der Waals surface area contributed by atoms with Crippen molar-refractivity contribution in [1.82, 2.24) is 15.2 Å². The number of amides is 1. The summed E-state index contributed by atoms with van der Waals surface area (Å²) in [6.07, 6.45) is 2.00. The molecule has 7 nitrogen and oxygen atoms in total. The number of rotatable bonds is 7. The normalized spacial score (nSPS) is 22.4. The first-order valence-corrected chi connectivity index (χ1v) is 14.8. The monoisotopic (exact) mass is 571 g/mol. The predicted molar refractivity (Wildman–Crippen MR) is 138 cm³/mol. The number of pyridine rings is 1. The van der Waals surface area contributed by atoms with E-state index in [-0.39, 0.29) is 46.6 Å². The van der Waals surface area contributed by atoms with Crippen molar-refractivity contribution in [2.24, 2.45) is 5.92 Å². The van der Waals surface area contributed by atoms with Crippen molar-refractivity contribution in [1.29, 1.82) is 0 Å². The van der Waals surface area contributed by atoms with Crippen LogP contribution in [0, 0.1) is 11.7 Å². The summed E-state index contributed by atoms with van der Waals surface area (Å²) in [6.45, 7) is 5.77. The highest BCUT2D eigenvalue weighted by Crippen LogP contribution is 2.35. The first-order chi connectivity index (χ1) is 18.2. The number of carbonyl (C=O) groups excluding carboxylic acids is 1. The molecule has 1 aromatic rings. The van der Waals surface area contributed by atoms with Gasteiger partial charge in [0.25, 0.3) is 0 Å². The van der Waals surface area contributed by atoms with Crippen LogP contribution in [0.3, 0.4) is 0 Å². The Labute approximate surface area is 225 Å². The summed E-state index contributed by atoms with van der Waals surface area (Å²) in [5.41, 5.74) is 0.667. The number of halogens is 4. The van der Waals surface area contributed by atoms with Gasteiger partial charge in [0.1, 0.15) is 21.4 Å². The number of aromatic nitrogens is 1. The summed E-state index contributed by atoms with van der Waals surface area (Å²) >= 11 is 0. The summed E-state index contributed by atoms with van der Waals surface area (Å²) in [6, 6.07) is 0.943. The van der Waals surface area contributed by atoms with Crippen molar-refractivity contribution in [3.63, 3.8) is 0 Å². The molecule has 0 aromatic carbocycles. The maximum atomic E-state index is 13.7. The Balaban J connectivity index is 1.54. The molecule has 0 spiro atoms.